The fraction of sp³-hybridized carbons (Fsp3) is 0.429. The minimum atomic E-state index is -0.555. The molecule has 0 aliphatic carbocycles. The van der Waals surface area contributed by atoms with Crippen molar-refractivity contribution in [2.24, 2.45) is 0 Å². The van der Waals surface area contributed by atoms with Gasteiger partial charge in [-0.05, 0) is 45.8 Å². The summed E-state index contributed by atoms with van der Waals surface area (Å²) in [6.45, 7) is 9.94. The Labute approximate surface area is 104 Å². The lowest BCUT2D eigenvalue weighted by molar-refractivity contribution is 0.186. The Morgan fingerprint density at radius 2 is 1.38 bits per heavy atom. The fourth-order valence-corrected chi connectivity index (χ4v) is 1.48. The molecule has 0 aromatic carbocycles. The van der Waals surface area contributed by atoms with Crippen LogP contribution in [-0.2, 0) is 4.29 Å². The van der Waals surface area contributed by atoms with E-state index in [-0.39, 0.29) is 0 Å². The van der Waals surface area contributed by atoms with Crippen LogP contribution in [0.4, 0.5) is 0 Å². The van der Waals surface area contributed by atoms with E-state index in [1.54, 1.807) is 0 Å². The van der Waals surface area contributed by atoms with Gasteiger partial charge in [0.25, 0.3) is 0 Å². The first kappa shape index (κ1) is 15.2. The minimum Gasteiger partial charge on any atom is -0.264 e. The molecule has 1 nitrogen and oxygen atoms in total. The molecule has 2 heteroatoms. The van der Waals surface area contributed by atoms with Gasteiger partial charge in [-0.15, -0.1) is 0 Å². The summed E-state index contributed by atoms with van der Waals surface area (Å²) < 4.78 is 5.12. The Kier molecular flexibility index (Phi) is 7.11. The van der Waals surface area contributed by atoms with Gasteiger partial charge in [-0.3, -0.25) is 4.29 Å². The molecule has 0 aromatic rings. The van der Waals surface area contributed by atoms with Crippen LogP contribution in [0, 0.1) is 0 Å². The van der Waals surface area contributed by atoms with E-state index in [1.165, 1.54) is 0 Å². The fourth-order valence-electron chi connectivity index (χ4n) is 1.23. The third kappa shape index (κ3) is 3.99. The predicted octanol–water partition coefficient (Wildman–Crippen LogP) is 4.96. The topological polar surface area (TPSA) is 9.23 Å². The average molecular weight is 241 g/mol. The molecule has 0 bridgehead atoms. The normalized spacial score (nSPS) is 18.4. The molecule has 0 atom stereocenters. The molecule has 16 heavy (non-hydrogen) atoms. The number of rotatable bonds is 5. The number of halogens is 1. The first-order chi connectivity index (χ1) is 7.52. The van der Waals surface area contributed by atoms with Gasteiger partial charge in [-0.2, -0.15) is 0 Å². The first-order valence-electron chi connectivity index (χ1n) is 5.42. The van der Waals surface area contributed by atoms with Gasteiger partial charge in [0, 0.05) is 0 Å². The lowest BCUT2D eigenvalue weighted by Gasteiger charge is -2.28. The van der Waals surface area contributed by atoms with Crippen molar-refractivity contribution < 1.29 is 4.29 Å². The number of allylic oxidation sites excluding steroid dienone is 6. The summed E-state index contributed by atoms with van der Waals surface area (Å²) in [4.78, 5) is 0. The summed E-state index contributed by atoms with van der Waals surface area (Å²) in [5.74, 6) is 0. The summed E-state index contributed by atoms with van der Waals surface area (Å²) in [7, 11) is 0. The zero-order chi connectivity index (χ0) is 12.6. The Morgan fingerprint density at radius 1 is 1.00 bits per heavy atom. The summed E-state index contributed by atoms with van der Waals surface area (Å²) in [6.07, 6.45) is 11.9. The van der Waals surface area contributed by atoms with Gasteiger partial charge in [0.1, 0.15) is 5.60 Å². The van der Waals surface area contributed by atoms with E-state index >= 15 is 0 Å². The molecule has 90 valence electrons. The smallest absolute Gasteiger partial charge is 0.129 e. The van der Waals surface area contributed by atoms with Crippen molar-refractivity contribution in [1.29, 1.82) is 0 Å². The second-order valence-corrected chi connectivity index (χ2v) is 4.02. The van der Waals surface area contributed by atoms with Crippen molar-refractivity contribution in [3.05, 3.63) is 47.6 Å². The molecule has 0 aromatic heterocycles. The second kappa shape index (κ2) is 7.48. The second-order valence-electron chi connectivity index (χ2n) is 3.86. The van der Waals surface area contributed by atoms with Gasteiger partial charge in [-0.25, -0.2) is 0 Å². The van der Waals surface area contributed by atoms with Gasteiger partial charge in [-0.1, -0.05) is 36.5 Å². The predicted molar refractivity (Wildman–Crippen MR) is 72.5 cm³/mol. The minimum absolute atomic E-state index is 0.555. The molecule has 0 fully saturated rings. The highest BCUT2D eigenvalue weighted by Gasteiger charge is 2.28. The van der Waals surface area contributed by atoms with E-state index in [4.69, 9.17) is 16.2 Å². The van der Waals surface area contributed by atoms with Crippen LogP contribution in [0.3, 0.4) is 0 Å². The molecular formula is C14H21ClO. The molecule has 0 heterocycles. The summed E-state index contributed by atoms with van der Waals surface area (Å²) in [6, 6.07) is 0. The third-order valence-electron chi connectivity index (χ3n) is 2.74. The van der Waals surface area contributed by atoms with Gasteiger partial charge in [0.05, 0.1) is 11.9 Å². The van der Waals surface area contributed by atoms with E-state index in [1.807, 2.05) is 71.1 Å². The van der Waals surface area contributed by atoms with Gasteiger partial charge in [0.15, 0.2) is 0 Å². The van der Waals surface area contributed by atoms with E-state index in [0.717, 1.165) is 11.1 Å². The highest BCUT2D eigenvalue weighted by atomic mass is 35.5. The van der Waals surface area contributed by atoms with Crippen molar-refractivity contribution >= 4 is 11.9 Å². The van der Waals surface area contributed by atoms with Crippen LogP contribution < -0.4 is 0 Å². The van der Waals surface area contributed by atoms with Gasteiger partial charge >= 0.3 is 0 Å². The van der Waals surface area contributed by atoms with Crippen molar-refractivity contribution in [2.45, 2.75) is 40.2 Å². The molecule has 0 unspecified atom stereocenters. The van der Waals surface area contributed by atoms with Crippen molar-refractivity contribution in [2.75, 3.05) is 0 Å². The van der Waals surface area contributed by atoms with Gasteiger partial charge < -0.3 is 0 Å². The van der Waals surface area contributed by atoms with Crippen LogP contribution in [0.25, 0.3) is 0 Å². The van der Waals surface area contributed by atoms with Crippen molar-refractivity contribution in [3.63, 3.8) is 0 Å². The summed E-state index contributed by atoms with van der Waals surface area (Å²) in [5.41, 5.74) is 1.58. The SMILES string of the molecule is C/C=C/C=C(\C)C(C)(OCl)/C(C)=C/C=C/C. The van der Waals surface area contributed by atoms with Crippen LogP contribution >= 0.6 is 11.9 Å². The van der Waals surface area contributed by atoms with Crippen LogP contribution in [0.5, 0.6) is 0 Å². The molecule has 0 aliphatic heterocycles. The molecule has 0 aliphatic rings. The molecule has 0 rings (SSSR count). The zero-order valence-electron chi connectivity index (χ0n) is 10.8. The molecule has 0 saturated carbocycles. The molecular weight excluding hydrogens is 220 g/mol. The van der Waals surface area contributed by atoms with Crippen LogP contribution in [0.1, 0.15) is 34.6 Å². The maximum Gasteiger partial charge on any atom is 0.129 e. The summed E-state index contributed by atoms with van der Waals surface area (Å²) >= 11 is 5.63. The molecule has 0 amide bonds. The Balaban J connectivity index is 5.19. The molecule has 0 radical (unpaired) electrons. The zero-order valence-corrected chi connectivity index (χ0v) is 11.5. The largest absolute Gasteiger partial charge is 0.264 e. The Bertz CT molecular complexity index is 294. The standard InChI is InChI=1S/C14H21ClO/c1-6-8-10-12(3)14(5,16-15)13(4)11-9-7-2/h6-11H,1-5H3/b8-6+,9-7+,12-10+,13-11+. The van der Waals surface area contributed by atoms with Crippen LogP contribution in [0.2, 0.25) is 0 Å². The lowest BCUT2D eigenvalue weighted by atomic mass is 9.89. The van der Waals surface area contributed by atoms with Crippen LogP contribution in [0.15, 0.2) is 47.6 Å². The van der Waals surface area contributed by atoms with E-state index in [2.05, 4.69) is 0 Å². The Hall–Kier alpha value is -0.790. The number of hydrogen-bond acceptors (Lipinski definition) is 1. The van der Waals surface area contributed by atoms with E-state index in [9.17, 15) is 0 Å². The van der Waals surface area contributed by atoms with E-state index < -0.39 is 5.60 Å². The van der Waals surface area contributed by atoms with Gasteiger partial charge in [0.2, 0.25) is 0 Å². The average Bonchev–Trinajstić information content (AvgIpc) is 2.31. The maximum absolute atomic E-state index is 5.63. The lowest BCUT2D eigenvalue weighted by Crippen LogP contribution is -2.28. The third-order valence-corrected chi connectivity index (χ3v) is 3.05. The molecule has 0 saturated heterocycles. The summed E-state index contributed by atoms with van der Waals surface area (Å²) in [5, 5.41) is 0. The van der Waals surface area contributed by atoms with Crippen molar-refractivity contribution in [3.8, 4) is 0 Å². The molecule has 0 spiro atoms. The quantitative estimate of drug-likeness (QED) is 0.617. The highest BCUT2D eigenvalue weighted by molar-refractivity contribution is 6.08. The maximum atomic E-state index is 5.63. The van der Waals surface area contributed by atoms with Crippen LogP contribution in [-0.4, -0.2) is 5.60 Å². The first-order valence-corrected chi connectivity index (χ1v) is 5.73. The van der Waals surface area contributed by atoms with Crippen molar-refractivity contribution in [1.82, 2.24) is 0 Å². The number of hydrogen-bond donors (Lipinski definition) is 0. The Morgan fingerprint density at radius 3 is 1.62 bits per heavy atom. The molecule has 0 N–H and O–H groups in total. The highest BCUT2D eigenvalue weighted by Crippen LogP contribution is 2.30. The monoisotopic (exact) mass is 240 g/mol. The van der Waals surface area contributed by atoms with E-state index in [0.29, 0.717) is 0 Å².